The molecule has 1 aliphatic heterocycles. The average molecular weight is 373 g/mol. The van der Waals surface area contributed by atoms with Gasteiger partial charge in [0.15, 0.2) is 0 Å². The summed E-state index contributed by atoms with van der Waals surface area (Å²) in [5.74, 6) is -0.675. The second kappa shape index (κ2) is 7.78. The van der Waals surface area contributed by atoms with Gasteiger partial charge in [0.05, 0.1) is 16.6 Å². The molecule has 136 valence electrons. The molecule has 1 aromatic carbocycles. The normalized spacial score (nSPS) is 16.5. The maximum atomic E-state index is 13.3. The van der Waals surface area contributed by atoms with Crippen molar-refractivity contribution in [2.75, 3.05) is 13.6 Å². The molecule has 0 saturated heterocycles. The van der Waals surface area contributed by atoms with E-state index in [-0.39, 0.29) is 30.2 Å². The zero-order valence-corrected chi connectivity index (χ0v) is 15.5. The molecule has 5 nitrogen and oxygen atoms in total. The number of nitrogens with zero attached hydrogens (tertiary/aromatic N) is 3. The predicted octanol–water partition coefficient (Wildman–Crippen LogP) is 3.43. The molecule has 0 spiro atoms. The maximum absolute atomic E-state index is 13.3. The van der Waals surface area contributed by atoms with Crippen molar-refractivity contribution >= 4 is 28.9 Å². The van der Waals surface area contributed by atoms with Crippen LogP contribution in [0.25, 0.3) is 0 Å². The Kier molecular flexibility index (Phi) is 5.46. The lowest BCUT2D eigenvalue weighted by Crippen LogP contribution is -2.39. The van der Waals surface area contributed by atoms with Gasteiger partial charge in [-0.3, -0.25) is 9.59 Å². The van der Waals surface area contributed by atoms with Crippen molar-refractivity contribution in [2.24, 2.45) is 5.10 Å². The summed E-state index contributed by atoms with van der Waals surface area (Å²) in [6.07, 6.45) is 0.901. The number of thiophene rings is 1. The van der Waals surface area contributed by atoms with Crippen molar-refractivity contribution in [1.29, 1.82) is 0 Å². The third kappa shape index (κ3) is 3.83. The van der Waals surface area contributed by atoms with E-state index in [1.54, 1.807) is 37.4 Å². The molecule has 0 unspecified atom stereocenters. The molecule has 2 heterocycles. The Labute approximate surface area is 155 Å². The first-order valence-electron chi connectivity index (χ1n) is 8.42. The Morgan fingerprint density at radius 3 is 2.65 bits per heavy atom. The molecule has 0 radical (unpaired) electrons. The first kappa shape index (κ1) is 18.3. The van der Waals surface area contributed by atoms with Gasteiger partial charge in [0.25, 0.3) is 5.91 Å². The van der Waals surface area contributed by atoms with Crippen LogP contribution in [0.15, 0.2) is 46.9 Å². The van der Waals surface area contributed by atoms with Crippen LogP contribution in [0.4, 0.5) is 4.39 Å². The third-order valence-electron chi connectivity index (χ3n) is 4.33. The number of likely N-dealkylation sites (N-methyl/N-ethyl adjacent to an activating group) is 1. The summed E-state index contributed by atoms with van der Waals surface area (Å²) in [6, 6.07) is 9.72. The van der Waals surface area contributed by atoms with Crippen LogP contribution >= 0.6 is 11.3 Å². The average Bonchev–Trinajstić information content (AvgIpc) is 3.31. The third-order valence-corrected chi connectivity index (χ3v) is 5.25. The molecule has 2 aromatic rings. The number of halogens is 1. The summed E-state index contributed by atoms with van der Waals surface area (Å²) in [5, 5.41) is 7.92. The number of hydrogen-bond donors (Lipinski definition) is 0. The van der Waals surface area contributed by atoms with Crippen LogP contribution in [0.1, 0.15) is 36.2 Å². The molecule has 26 heavy (non-hydrogen) atoms. The van der Waals surface area contributed by atoms with Crippen LogP contribution in [0.5, 0.6) is 0 Å². The minimum absolute atomic E-state index is 0.0361. The predicted molar refractivity (Wildman–Crippen MR) is 99.4 cm³/mol. The van der Waals surface area contributed by atoms with Gasteiger partial charge in [-0.25, -0.2) is 9.40 Å². The van der Waals surface area contributed by atoms with E-state index < -0.39 is 0 Å². The summed E-state index contributed by atoms with van der Waals surface area (Å²) < 4.78 is 13.3. The number of hydrazone groups is 1. The number of carbonyl (C=O) groups is 2. The van der Waals surface area contributed by atoms with Crippen molar-refractivity contribution in [3.63, 3.8) is 0 Å². The molecule has 0 saturated carbocycles. The first-order valence-corrected chi connectivity index (χ1v) is 9.30. The number of benzene rings is 1. The number of rotatable bonds is 5. The number of hydrogen-bond acceptors (Lipinski definition) is 4. The van der Waals surface area contributed by atoms with E-state index in [0.717, 1.165) is 16.2 Å². The van der Waals surface area contributed by atoms with E-state index in [1.807, 2.05) is 17.5 Å². The van der Waals surface area contributed by atoms with Crippen LogP contribution in [0.2, 0.25) is 0 Å². The molecule has 7 heteroatoms. The van der Waals surface area contributed by atoms with Gasteiger partial charge in [-0.2, -0.15) is 5.10 Å². The van der Waals surface area contributed by atoms with E-state index >= 15 is 0 Å². The lowest BCUT2D eigenvalue weighted by atomic mass is 10.0. The maximum Gasteiger partial charge on any atom is 0.262 e. The topological polar surface area (TPSA) is 53.0 Å². The summed E-state index contributed by atoms with van der Waals surface area (Å²) in [5.41, 5.74) is 1.65. The van der Waals surface area contributed by atoms with Crippen LogP contribution in [-0.2, 0) is 9.59 Å². The quantitative estimate of drug-likeness (QED) is 0.806. The largest absolute Gasteiger partial charge is 0.336 e. The van der Waals surface area contributed by atoms with Gasteiger partial charge in [0, 0.05) is 19.9 Å². The van der Waals surface area contributed by atoms with E-state index in [4.69, 9.17) is 0 Å². The summed E-state index contributed by atoms with van der Waals surface area (Å²) in [4.78, 5) is 27.0. The molecule has 0 aliphatic carbocycles. The summed E-state index contributed by atoms with van der Waals surface area (Å²) in [7, 11) is 1.61. The van der Waals surface area contributed by atoms with E-state index in [9.17, 15) is 14.0 Å². The van der Waals surface area contributed by atoms with Crippen molar-refractivity contribution in [3.8, 4) is 0 Å². The molecule has 0 bridgehead atoms. The van der Waals surface area contributed by atoms with Crippen LogP contribution in [-0.4, -0.2) is 41.0 Å². The molecule has 1 aromatic heterocycles. The molecular formula is C19H20FN3O2S. The molecule has 0 N–H and O–H groups in total. The molecule has 3 rings (SSSR count). The van der Waals surface area contributed by atoms with E-state index in [2.05, 4.69) is 5.10 Å². The fourth-order valence-corrected chi connectivity index (χ4v) is 3.63. The second-order valence-electron chi connectivity index (χ2n) is 6.14. The van der Waals surface area contributed by atoms with Gasteiger partial charge in [0.2, 0.25) is 5.91 Å². The zero-order chi connectivity index (χ0) is 18.7. The highest BCUT2D eigenvalue weighted by Crippen LogP contribution is 2.33. The van der Waals surface area contributed by atoms with E-state index in [0.29, 0.717) is 12.8 Å². The highest BCUT2D eigenvalue weighted by Gasteiger charge is 2.34. The molecular weight excluding hydrogens is 353 g/mol. The van der Waals surface area contributed by atoms with Gasteiger partial charge in [0.1, 0.15) is 12.4 Å². The zero-order valence-electron chi connectivity index (χ0n) is 14.7. The minimum Gasteiger partial charge on any atom is -0.336 e. The smallest absolute Gasteiger partial charge is 0.262 e. The molecule has 0 fully saturated rings. The summed E-state index contributed by atoms with van der Waals surface area (Å²) in [6.45, 7) is 1.72. The van der Waals surface area contributed by atoms with Crippen molar-refractivity contribution < 1.29 is 14.0 Å². The Balaban J connectivity index is 1.86. The second-order valence-corrected chi connectivity index (χ2v) is 7.08. The van der Waals surface area contributed by atoms with Gasteiger partial charge < -0.3 is 4.90 Å². The number of amides is 2. The first-order chi connectivity index (χ1) is 12.5. The minimum atomic E-state index is -0.322. The Morgan fingerprint density at radius 2 is 2.04 bits per heavy atom. The highest BCUT2D eigenvalue weighted by molar-refractivity contribution is 7.12. The van der Waals surface area contributed by atoms with Gasteiger partial charge in [-0.15, -0.1) is 11.3 Å². The van der Waals surface area contributed by atoms with Crippen LogP contribution < -0.4 is 0 Å². The summed E-state index contributed by atoms with van der Waals surface area (Å²) >= 11 is 1.56. The lowest BCUT2D eigenvalue weighted by molar-refractivity contribution is -0.140. The standard InChI is InChI=1S/C19H20FN3O2S/c1-3-18(24)22(2)12-19(25)23-16(13-6-8-14(20)9-7-13)11-15(21-23)17-5-4-10-26-17/h4-10,16H,3,11-12H2,1-2H3/t16-/m1/s1. The number of carbonyl (C=O) groups excluding carboxylic acids is 2. The lowest BCUT2D eigenvalue weighted by Gasteiger charge is -2.24. The Bertz CT molecular complexity index is 818. The van der Waals surface area contributed by atoms with Gasteiger partial charge in [-0.05, 0) is 29.1 Å². The van der Waals surface area contributed by atoms with Crippen LogP contribution in [0, 0.1) is 5.82 Å². The molecule has 2 amide bonds. The monoisotopic (exact) mass is 373 g/mol. The molecule has 1 atom stereocenters. The van der Waals surface area contributed by atoms with Gasteiger partial charge in [-0.1, -0.05) is 25.1 Å². The van der Waals surface area contributed by atoms with Crippen molar-refractivity contribution in [2.45, 2.75) is 25.8 Å². The fraction of sp³-hybridized carbons (Fsp3) is 0.316. The van der Waals surface area contributed by atoms with Gasteiger partial charge >= 0.3 is 0 Å². The van der Waals surface area contributed by atoms with Crippen molar-refractivity contribution in [3.05, 3.63) is 58.0 Å². The Hall–Kier alpha value is -2.54. The Morgan fingerprint density at radius 1 is 1.31 bits per heavy atom. The van der Waals surface area contributed by atoms with E-state index in [1.165, 1.54) is 22.0 Å². The molecule has 1 aliphatic rings. The highest BCUT2D eigenvalue weighted by atomic mass is 32.1. The van der Waals surface area contributed by atoms with Crippen molar-refractivity contribution in [1.82, 2.24) is 9.91 Å². The SMILES string of the molecule is CCC(=O)N(C)CC(=O)N1N=C(c2cccs2)C[C@@H]1c1ccc(F)cc1. The van der Waals surface area contributed by atoms with Crippen LogP contribution in [0.3, 0.4) is 0 Å². The fourth-order valence-electron chi connectivity index (χ4n) is 2.91.